The maximum absolute atomic E-state index is 12.4. The SMILES string of the molecule is NCc1ccccc1NS(=O)(=O)c1cc(Br)ccc1Br. The van der Waals surface area contributed by atoms with Crippen molar-refractivity contribution in [3.05, 3.63) is 57.0 Å². The van der Waals surface area contributed by atoms with E-state index in [1.165, 1.54) is 6.07 Å². The fourth-order valence-electron chi connectivity index (χ4n) is 1.68. The largest absolute Gasteiger partial charge is 0.326 e. The average Bonchev–Trinajstić information content (AvgIpc) is 2.41. The van der Waals surface area contributed by atoms with Gasteiger partial charge in [0.25, 0.3) is 10.0 Å². The highest BCUT2D eigenvalue weighted by molar-refractivity contribution is 9.11. The first-order valence-corrected chi connectivity index (χ1v) is 8.77. The zero-order chi connectivity index (χ0) is 14.8. The smallest absolute Gasteiger partial charge is 0.263 e. The Hall–Kier alpha value is -0.890. The number of rotatable bonds is 4. The minimum atomic E-state index is -3.68. The molecule has 0 aliphatic heterocycles. The topological polar surface area (TPSA) is 72.2 Å². The van der Waals surface area contributed by atoms with Gasteiger partial charge in [0.2, 0.25) is 0 Å². The molecule has 0 unspecified atom stereocenters. The summed E-state index contributed by atoms with van der Waals surface area (Å²) >= 11 is 6.52. The molecule has 0 saturated carbocycles. The summed E-state index contributed by atoms with van der Waals surface area (Å²) < 4.78 is 28.6. The minimum absolute atomic E-state index is 0.165. The number of benzene rings is 2. The van der Waals surface area contributed by atoms with Crippen molar-refractivity contribution in [3.63, 3.8) is 0 Å². The number of nitrogens with two attached hydrogens (primary N) is 1. The van der Waals surface area contributed by atoms with Gasteiger partial charge in [-0.15, -0.1) is 0 Å². The van der Waals surface area contributed by atoms with Crippen molar-refractivity contribution in [1.82, 2.24) is 0 Å². The summed E-state index contributed by atoms with van der Waals surface area (Å²) in [6.07, 6.45) is 0. The zero-order valence-electron chi connectivity index (χ0n) is 10.3. The first kappa shape index (κ1) is 15.5. The molecule has 20 heavy (non-hydrogen) atoms. The Bertz CT molecular complexity index is 733. The Balaban J connectivity index is 2.43. The lowest BCUT2D eigenvalue weighted by Crippen LogP contribution is -2.15. The van der Waals surface area contributed by atoms with E-state index in [0.717, 1.165) is 5.56 Å². The molecule has 0 fully saturated rings. The van der Waals surface area contributed by atoms with Crippen LogP contribution in [0.15, 0.2) is 56.3 Å². The molecule has 0 aliphatic rings. The number of hydrogen-bond donors (Lipinski definition) is 2. The summed E-state index contributed by atoms with van der Waals surface area (Å²) in [6, 6.07) is 12.0. The molecular formula is C13H12Br2N2O2S. The van der Waals surface area contributed by atoms with Crippen molar-refractivity contribution in [2.45, 2.75) is 11.4 Å². The van der Waals surface area contributed by atoms with E-state index in [9.17, 15) is 8.42 Å². The standard InChI is InChI=1S/C13H12Br2N2O2S/c14-10-5-6-11(15)13(7-10)20(18,19)17-12-4-2-1-3-9(12)8-16/h1-7,17H,8,16H2. The van der Waals surface area contributed by atoms with Gasteiger partial charge < -0.3 is 5.73 Å². The molecule has 7 heteroatoms. The Labute approximate surface area is 134 Å². The summed E-state index contributed by atoms with van der Waals surface area (Å²) in [5.74, 6) is 0. The molecule has 0 amide bonds. The number of nitrogens with one attached hydrogen (secondary N) is 1. The maximum atomic E-state index is 12.4. The zero-order valence-corrected chi connectivity index (χ0v) is 14.3. The number of hydrogen-bond acceptors (Lipinski definition) is 3. The first-order valence-electron chi connectivity index (χ1n) is 5.70. The second-order valence-corrected chi connectivity index (χ2v) is 7.46. The molecule has 2 aromatic rings. The lowest BCUT2D eigenvalue weighted by atomic mass is 10.2. The monoisotopic (exact) mass is 418 g/mol. The lowest BCUT2D eigenvalue weighted by Gasteiger charge is -2.12. The third kappa shape index (κ3) is 3.41. The third-order valence-electron chi connectivity index (χ3n) is 2.66. The van der Waals surface area contributed by atoms with Gasteiger partial charge in [0, 0.05) is 15.5 Å². The summed E-state index contributed by atoms with van der Waals surface area (Å²) in [6.45, 7) is 0.262. The Kier molecular flexibility index (Phi) is 4.85. The quantitative estimate of drug-likeness (QED) is 0.796. The van der Waals surface area contributed by atoms with Crippen molar-refractivity contribution in [2.75, 3.05) is 4.72 Å². The molecular weight excluding hydrogens is 408 g/mol. The highest BCUT2D eigenvalue weighted by Crippen LogP contribution is 2.28. The van der Waals surface area contributed by atoms with Crippen LogP contribution < -0.4 is 10.5 Å². The van der Waals surface area contributed by atoms with E-state index in [1.807, 2.05) is 6.07 Å². The van der Waals surface area contributed by atoms with Gasteiger partial charge in [-0.1, -0.05) is 34.1 Å². The van der Waals surface area contributed by atoms with Crippen LogP contribution in [0, 0.1) is 0 Å². The van der Waals surface area contributed by atoms with E-state index in [0.29, 0.717) is 14.6 Å². The fourth-order valence-corrected chi connectivity index (χ4v) is 4.28. The molecule has 4 nitrogen and oxygen atoms in total. The van der Waals surface area contributed by atoms with Crippen LogP contribution in [-0.2, 0) is 16.6 Å². The Morgan fingerprint density at radius 1 is 1.10 bits per heavy atom. The van der Waals surface area contributed by atoms with Crippen molar-refractivity contribution < 1.29 is 8.42 Å². The maximum Gasteiger partial charge on any atom is 0.263 e. The minimum Gasteiger partial charge on any atom is -0.326 e. The van der Waals surface area contributed by atoms with Crippen LogP contribution in [0.5, 0.6) is 0 Å². The molecule has 0 spiro atoms. The molecule has 0 radical (unpaired) electrons. The summed E-state index contributed by atoms with van der Waals surface area (Å²) in [7, 11) is -3.68. The molecule has 0 aromatic heterocycles. The van der Waals surface area contributed by atoms with E-state index in [4.69, 9.17) is 5.73 Å². The van der Waals surface area contributed by atoms with Gasteiger partial charge in [-0.25, -0.2) is 8.42 Å². The summed E-state index contributed by atoms with van der Waals surface area (Å²) in [4.78, 5) is 0.165. The van der Waals surface area contributed by atoms with Crippen molar-refractivity contribution in [3.8, 4) is 0 Å². The Morgan fingerprint density at radius 2 is 1.80 bits per heavy atom. The van der Waals surface area contributed by atoms with Gasteiger partial charge in [-0.05, 0) is 45.8 Å². The van der Waals surface area contributed by atoms with Crippen LogP contribution in [0.3, 0.4) is 0 Å². The molecule has 0 atom stereocenters. The van der Waals surface area contributed by atoms with Crippen molar-refractivity contribution in [1.29, 1.82) is 0 Å². The molecule has 2 aromatic carbocycles. The summed E-state index contributed by atoms with van der Waals surface area (Å²) in [5, 5.41) is 0. The van der Waals surface area contributed by atoms with Gasteiger partial charge in [0.05, 0.1) is 5.69 Å². The average molecular weight is 420 g/mol. The first-order chi connectivity index (χ1) is 9.44. The van der Waals surface area contributed by atoms with E-state index < -0.39 is 10.0 Å². The molecule has 2 rings (SSSR count). The van der Waals surface area contributed by atoms with Crippen LogP contribution in [0.1, 0.15) is 5.56 Å². The van der Waals surface area contributed by atoms with Crippen molar-refractivity contribution >= 4 is 47.6 Å². The van der Waals surface area contributed by atoms with Gasteiger partial charge in [-0.2, -0.15) is 0 Å². The molecule has 0 heterocycles. The molecule has 0 bridgehead atoms. The molecule has 0 saturated heterocycles. The lowest BCUT2D eigenvalue weighted by molar-refractivity contribution is 0.600. The van der Waals surface area contributed by atoms with Crippen LogP contribution in [-0.4, -0.2) is 8.42 Å². The molecule has 3 N–H and O–H groups in total. The number of para-hydroxylation sites is 1. The van der Waals surface area contributed by atoms with Crippen molar-refractivity contribution in [2.24, 2.45) is 5.73 Å². The van der Waals surface area contributed by atoms with E-state index in [1.54, 1.807) is 30.3 Å². The van der Waals surface area contributed by atoms with Gasteiger partial charge >= 0.3 is 0 Å². The third-order valence-corrected chi connectivity index (χ3v) is 5.52. The predicted octanol–water partition coefficient (Wildman–Crippen LogP) is 3.47. The normalized spacial score (nSPS) is 11.3. The van der Waals surface area contributed by atoms with Crippen LogP contribution >= 0.6 is 31.9 Å². The highest BCUT2D eigenvalue weighted by atomic mass is 79.9. The van der Waals surface area contributed by atoms with Gasteiger partial charge in [-0.3, -0.25) is 4.72 Å². The van der Waals surface area contributed by atoms with Crippen LogP contribution in [0.4, 0.5) is 5.69 Å². The second-order valence-electron chi connectivity index (χ2n) is 4.04. The molecule has 0 aliphatic carbocycles. The highest BCUT2D eigenvalue weighted by Gasteiger charge is 2.19. The number of sulfonamides is 1. The fraction of sp³-hybridized carbons (Fsp3) is 0.0769. The van der Waals surface area contributed by atoms with Gasteiger partial charge in [0.1, 0.15) is 4.90 Å². The molecule has 106 valence electrons. The summed E-state index contributed by atoms with van der Waals surface area (Å²) in [5.41, 5.74) is 6.84. The van der Waals surface area contributed by atoms with Crippen LogP contribution in [0.2, 0.25) is 0 Å². The number of halogens is 2. The number of anilines is 1. The Morgan fingerprint density at radius 3 is 2.50 bits per heavy atom. The van der Waals surface area contributed by atoms with E-state index in [2.05, 4.69) is 36.6 Å². The van der Waals surface area contributed by atoms with E-state index >= 15 is 0 Å². The van der Waals surface area contributed by atoms with Gasteiger partial charge in [0.15, 0.2) is 0 Å². The van der Waals surface area contributed by atoms with Crippen LogP contribution in [0.25, 0.3) is 0 Å². The predicted molar refractivity (Wildman–Crippen MR) is 87.0 cm³/mol. The van der Waals surface area contributed by atoms with E-state index in [-0.39, 0.29) is 11.4 Å². The second kappa shape index (κ2) is 6.26.